The molecule has 1 aliphatic heterocycles. The number of halogens is 1. The van der Waals surface area contributed by atoms with Gasteiger partial charge in [0.05, 0.1) is 13.7 Å². The predicted molar refractivity (Wildman–Crippen MR) is 117 cm³/mol. The van der Waals surface area contributed by atoms with Crippen molar-refractivity contribution < 1.29 is 14.3 Å². The van der Waals surface area contributed by atoms with Crippen LogP contribution in [0.5, 0.6) is 11.5 Å². The molecule has 2 aromatic carbocycles. The maximum absolute atomic E-state index is 12.3. The lowest BCUT2D eigenvalue weighted by atomic mass is 10.2. The van der Waals surface area contributed by atoms with E-state index in [4.69, 9.17) is 9.47 Å². The van der Waals surface area contributed by atoms with Crippen LogP contribution in [0.4, 0.5) is 0 Å². The van der Waals surface area contributed by atoms with Crippen molar-refractivity contribution in [3.8, 4) is 11.5 Å². The molecule has 0 radical (unpaired) electrons. The van der Waals surface area contributed by atoms with Crippen molar-refractivity contribution in [2.75, 3.05) is 33.3 Å². The maximum atomic E-state index is 12.3. The van der Waals surface area contributed by atoms with Crippen molar-refractivity contribution in [2.45, 2.75) is 26.1 Å². The number of hydrogen-bond donors (Lipinski definition) is 2. The van der Waals surface area contributed by atoms with Gasteiger partial charge < -0.3 is 20.1 Å². The first-order valence-electron chi connectivity index (χ1n) is 9.71. The molecule has 0 aliphatic carbocycles. The average Bonchev–Trinajstić information content (AvgIpc) is 2.73. The molecule has 0 saturated carbocycles. The Morgan fingerprint density at radius 3 is 2.69 bits per heavy atom. The highest BCUT2D eigenvalue weighted by atomic mass is 35.5. The van der Waals surface area contributed by atoms with Crippen LogP contribution in [0.2, 0.25) is 0 Å². The molecule has 1 atom stereocenters. The smallest absolute Gasteiger partial charge is 0.234 e. The van der Waals surface area contributed by atoms with Gasteiger partial charge in [0, 0.05) is 32.2 Å². The number of benzene rings is 2. The molecule has 0 unspecified atom stereocenters. The zero-order valence-electron chi connectivity index (χ0n) is 17.0. The van der Waals surface area contributed by atoms with Crippen molar-refractivity contribution in [2.24, 2.45) is 0 Å². The van der Waals surface area contributed by atoms with Crippen LogP contribution in [0, 0.1) is 0 Å². The maximum Gasteiger partial charge on any atom is 0.234 e. The Morgan fingerprint density at radius 2 is 1.97 bits per heavy atom. The van der Waals surface area contributed by atoms with Gasteiger partial charge in [-0.15, -0.1) is 12.4 Å². The third kappa shape index (κ3) is 6.92. The Labute approximate surface area is 179 Å². The van der Waals surface area contributed by atoms with Crippen LogP contribution in [0.3, 0.4) is 0 Å². The van der Waals surface area contributed by atoms with Crippen LogP contribution in [0.1, 0.15) is 18.1 Å². The van der Waals surface area contributed by atoms with Gasteiger partial charge in [-0.2, -0.15) is 0 Å². The lowest BCUT2D eigenvalue weighted by molar-refractivity contribution is -0.123. The topological polar surface area (TPSA) is 62.8 Å². The molecule has 1 heterocycles. The predicted octanol–water partition coefficient (Wildman–Crippen LogP) is 2.61. The zero-order valence-corrected chi connectivity index (χ0v) is 17.8. The largest absolute Gasteiger partial charge is 0.493 e. The van der Waals surface area contributed by atoms with Crippen LogP contribution in [0.25, 0.3) is 0 Å². The van der Waals surface area contributed by atoms with Crippen LogP contribution in [0.15, 0.2) is 48.5 Å². The summed E-state index contributed by atoms with van der Waals surface area (Å²) in [6, 6.07) is 16.1. The molecule has 3 rings (SSSR count). The summed E-state index contributed by atoms with van der Waals surface area (Å²) in [5.74, 6) is 1.39. The molecule has 1 amide bonds. The second-order valence-corrected chi connectivity index (χ2v) is 7.06. The second-order valence-electron chi connectivity index (χ2n) is 7.06. The third-order valence-electron chi connectivity index (χ3n) is 4.94. The highest BCUT2D eigenvalue weighted by Crippen LogP contribution is 2.28. The second kappa shape index (κ2) is 11.7. The van der Waals surface area contributed by atoms with Gasteiger partial charge in [0.2, 0.25) is 5.91 Å². The summed E-state index contributed by atoms with van der Waals surface area (Å²) in [5.41, 5.74) is 2.08. The highest BCUT2D eigenvalue weighted by molar-refractivity contribution is 5.85. The fourth-order valence-electron chi connectivity index (χ4n) is 3.24. The minimum absolute atomic E-state index is 0. The Morgan fingerprint density at radius 1 is 1.17 bits per heavy atom. The molecule has 0 bridgehead atoms. The zero-order chi connectivity index (χ0) is 19.8. The van der Waals surface area contributed by atoms with E-state index in [9.17, 15) is 4.79 Å². The molecular formula is C22H30ClN3O3. The van der Waals surface area contributed by atoms with Crippen molar-refractivity contribution in [1.82, 2.24) is 15.5 Å². The lowest BCUT2D eigenvalue weighted by Crippen LogP contribution is -2.52. The molecule has 29 heavy (non-hydrogen) atoms. The molecule has 0 aromatic heterocycles. The first-order valence-corrected chi connectivity index (χ1v) is 9.71. The standard InChI is InChI=1S/C22H29N3O3.ClH/c1-17-13-23-10-11-25(17)15-22(26)24-14-19-8-9-20(21(12-19)27-2)28-16-18-6-4-3-5-7-18;/h3-9,12,17,23H,10-11,13-16H2,1-2H3,(H,24,26);1H/t17-;/m1./s1. The van der Waals surface area contributed by atoms with E-state index in [-0.39, 0.29) is 18.3 Å². The van der Waals surface area contributed by atoms with Gasteiger partial charge in [0.1, 0.15) is 6.61 Å². The number of hydrogen-bond acceptors (Lipinski definition) is 5. The third-order valence-corrected chi connectivity index (χ3v) is 4.94. The summed E-state index contributed by atoms with van der Waals surface area (Å²) in [5, 5.41) is 6.33. The van der Waals surface area contributed by atoms with E-state index in [0.717, 1.165) is 30.8 Å². The van der Waals surface area contributed by atoms with Gasteiger partial charge in [-0.05, 0) is 30.2 Å². The molecule has 1 aliphatic rings. The number of carbonyl (C=O) groups excluding carboxylic acids is 1. The molecule has 7 heteroatoms. The van der Waals surface area contributed by atoms with Gasteiger partial charge in [-0.1, -0.05) is 36.4 Å². The molecule has 6 nitrogen and oxygen atoms in total. The van der Waals surface area contributed by atoms with Gasteiger partial charge >= 0.3 is 0 Å². The van der Waals surface area contributed by atoms with Gasteiger partial charge in [-0.3, -0.25) is 9.69 Å². The van der Waals surface area contributed by atoms with E-state index in [0.29, 0.717) is 37.2 Å². The van der Waals surface area contributed by atoms with E-state index < -0.39 is 0 Å². The Balaban J connectivity index is 0.00000300. The number of rotatable bonds is 8. The number of carbonyl (C=O) groups is 1. The molecule has 1 fully saturated rings. The summed E-state index contributed by atoms with van der Waals surface area (Å²) in [6.07, 6.45) is 0. The molecule has 158 valence electrons. The van der Waals surface area contributed by atoms with E-state index in [1.807, 2.05) is 48.5 Å². The summed E-state index contributed by atoms with van der Waals surface area (Å²) in [7, 11) is 1.62. The van der Waals surface area contributed by atoms with Crippen LogP contribution >= 0.6 is 12.4 Å². The number of nitrogens with one attached hydrogen (secondary N) is 2. The first-order chi connectivity index (χ1) is 13.7. The summed E-state index contributed by atoms with van der Waals surface area (Å²) >= 11 is 0. The van der Waals surface area contributed by atoms with Crippen LogP contribution < -0.4 is 20.1 Å². The molecule has 1 saturated heterocycles. The van der Waals surface area contributed by atoms with E-state index in [1.54, 1.807) is 7.11 Å². The molecular weight excluding hydrogens is 390 g/mol. The minimum atomic E-state index is 0. The number of piperazine rings is 1. The molecule has 2 aromatic rings. The number of nitrogens with zero attached hydrogens (tertiary/aromatic N) is 1. The molecule has 2 N–H and O–H groups in total. The Bertz CT molecular complexity index is 773. The SMILES string of the molecule is COc1cc(CNC(=O)CN2CCNC[C@H]2C)ccc1OCc1ccccc1.Cl. The Hall–Kier alpha value is -2.28. The number of methoxy groups -OCH3 is 1. The summed E-state index contributed by atoms with van der Waals surface area (Å²) in [6.45, 7) is 6.27. The van der Waals surface area contributed by atoms with Gasteiger partial charge in [0.15, 0.2) is 11.5 Å². The Kier molecular flexibility index (Phi) is 9.25. The van der Waals surface area contributed by atoms with Crippen molar-refractivity contribution in [1.29, 1.82) is 0 Å². The van der Waals surface area contributed by atoms with E-state index in [1.165, 1.54) is 0 Å². The lowest BCUT2D eigenvalue weighted by Gasteiger charge is -2.33. The monoisotopic (exact) mass is 419 g/mol. The van der Waals surface area contributed by atoms with Crippen molar-refractivity contribution >= 4 is 18.3 Å². The van der Waals surface area contributed by atoms with Gasteiger partial charge in [-0.25, -0.2) is 0 Å². The number of ether oxygens (including phenoxy) is 2. The van der Waals surface area contributed by atoms with Gasteiger partial charge in [0.25, 0.3) is 0 Å². The fourth-order valence-corrected chi connectivity index (χ4v) is 3.24. The van der Waals surface area contributed by atoms with Crippen LogP contribution in [-0.2, 0) is 17.9 Å². The van der Waals surface area contributed by atoms with E-state index >= 15 is 0 Å². The quantitative estimate of drug-likeness (QED) is 0.688. The molecule has 0 spiro atoms. The summed E-state index contributed by atoms with van der Waals surface area (Å²) in [4.78, 5) is 14.5. The highest BCUT2D eigenvalue weighted by Gasteiger charge is 2.20. The van der Waals surface area contributed by atoms with E-state index in [2.05, 4.69) is 22.5 Å². The van der Waals surface area contributed by atoms with Crippen LogP contribution in [-0.4, -0.2) is 50.1 Å². The first kappa shape index (κ1) is 23.0. The summed E-state index contributed by atoms with van der Waals surface area (Å²) < 4.78 is 11.3. The average molecular weight is 420 g/mol. The number of amides is 1. The van der Waals surface area contributed by atoms with Crippen molar-refractivity contribution in [3.05, 3.63) is 59.7 Å². The normalized spacial score (nSPS) is 16.6. The van der Waals surface area contributed by atoms with Crippen molar-refractivity contribution in [3.63, 3.8) is 0 Å². The fraction of sp³-hybridized carbons (Fsp3) is 0.409. The minimum Gasteiger partial charge on any atom is -0.493 e.